The Labute approximate surface area is 127 Å². The van der Waals surface area contributed by atoms with Crippen molar-refractivity contribution < 1.29 is 4.52 Å². The van der Waals surface area contributed by atoms with Gasteiger partial charge in [-0.15, -0.1) is 12.4 Å². The standard InChI is InChI=1S/C15H25N3O.ClH/c1-15(16)10-6-5-9-12(15)14-17-13(18-19-14)11-7-3-2-4-8-11;/h11-12H,2-10,16H2,1H3;1H. The molecule has 2 aliphatic rings. The smallest absolute Gasteiger partial charge is 0.231 e. The molecule has 20 heavy (non-hydrogen) atoms. The van der Waals surface area contributed by atoms with Crippen molar-refractivity contribution in [3.8, 4) is 0 Å². The molecule has 1 aromatic heterocycles. The minimum Gasteiger partial charge on any atom is -0.339 e. The third kappa shape index (κ3) is 3.17. The molecule has 2 atom stereocenters. The Morgan fingerprint density at radius 3 is 2.50 bits per heavy atom. The molecule has 5 heteroatoms. The fourth-order valence-corrected chi connectivity index (χ4v) is 3.68. The summed E-state index contributed by atoms with van der Waals surface area (Å²) in [6.45, 7) is 2.13. The molecule has 0 spiro atoms. The van der Waals surface area contributed by atoms with Crippen molar-refractivity contribution in [2.75, 3.05) is 0 Å². The molecule has 2 unspecified atom stereocenters. The fourth-order valence-electron chi connectivity index (χ4n) is 3.68. The fraction of sp³-hybridized carbons (Fsp3) is 0.867. The van der Waals surface area contributed by atoms with Gasteiger partial charge in [-0.2, -0.15) is 4.98 Å². The summed E-state index contributed by atoms with van der Waals surface area (Å²) in [5.74, 6) is 2.46. The average Bonchev–Trinajstić information content (AvgIpc) is 2.88. The van der Waals surface area contributed by atoms with Crippen molar-refractivity contribution in [1.29, 1.82) is 0 Å². The van der Waals surface area contributed by atoms with Crippen LogP contribution in [0.4, 0.5) is 0 Å². The summed E-state index contributed by atoms with van der Waals surface area (Å²) in [7, 11) is 0. The van der Waals surface area contributed by atoms with Gasteiger partial charge in [0.05, 0.1) is 5.92 Å². The SMILES string of the molecule is CC1(N)CCCCC1c1nc(C2CCCCC2)no1.Cl. The number of aromatic nitrogens is 2. The maximum atomic E-state index is 6.41. The summed E-state index contributed by atoms with van der Waals surface area (Å²) in [5, 5.41) is 4.24. The quantitative estimate of drug-likeness (QED) is 0.899. The summed E-state index contributed by atoms with van der Waals surface area (Å²) in [6.07, 6.45) is 10.9. The van der Waals surface area contributed by atoms with E-state index in [1.54, 1.807) is 0 Å². The van der Waals surface area contributed by atoms with Crippen LogP contribution in [-0.2, 0) is 0 Å². The van der Waals surface area contributed by atoms with E-state index in [1.807, 2.05) is 0 Å². The number of nitrogens with zero attached hydrogens (tertiary/aromatic N) is 2. The molecular formula is C15H26ClN3O. The van der Waals surface area contributed by atoms with Gasteiger partial charge in [-0.3, -0.25) is 0 Å². The van der Waals surface area contributed by atoms with E-state index in [-0.39, 0.29) is 23.9 Å². The van der Waals surface area contributed by atoms with E-state index in [0.29, 0.717) is 5.92 Å². The third-order valence-electron chi connectivity index (χ3n) is 4.98. The van der Waals surface area contributed by atoms with Crippen molar-refractivity contribution in [3.63, 3.8) is 0 Å². The van der Waals surface area contributed by atoms with E-state index in [2.05, 4.69) is 12.1 Å². The molecule has 0 amide bonds. The van der Waals surface area contributed by atoms with E-state index in [1.165, 1.54) is 44.9 Å². The monoisotopic (exact) mass is 299 g/mol. The summed E-state index contributed by atoms with van der Waals surface area (Å²) in [5.41, 5.74) is 6.23. The van der Waals surface area contributed by atoms with Gasteiger partial charge in [-0.1, -0.05) is 37.3 Å². The van der Waals surface area contributed by atoms with Crippen molar-refractivity contribution in [1.82, 2.24) is 10.1 Å². The molecule has 1 heterocycles. The van der Waals surface area contributed by atoms with Gasteiger partial charge in [0.1, 0.15) is 0 Å². The number of hydrogen-bond acceptors (Lipinski definition) is 4. The maximum Gasteiger partial charge on any atom is 0.231 e. The normalized spacial score (nSPS) is 31.8. The zero-order valence-corrected chi connectivity index (χ0v) is 13.1. The summed E-state index contributed by atoms with van der Waals surface area (Å²) >= 11 is 0. The topological polar surface area (TPSA) is 64.9 Å². The van der Waals surface area contributed by atoms with Gasteiger partial charge < -0.3 is 10.3 Å². The Bertz CT molecular complexity index is 427. The summed E-state index contributed by atoms with van der Waals surface area (Å²) in [6, 6.07) is 0. The molecule has 0 radical (unpaired) electrons. The van der Waals surface area contributed by atoms with Gasteiger partial charge in [0.25, 0.3) is 0 Å². The molecule has 114 valence electrons. The van der Waals surface area contributed by atoms with Crippen LogP contribution in [0.2, 0.25) is 0 Å². The van der Waals surface area contributed by atoms with Gasteiger partial charge in [0.15, 0.2) is 5.82 Å². The van der Waals surface area contributed by atoms with Gasteiger partial charge in [0, 0.05) is 11.5 Å². The van der Waals surface area contributed by atoms with Gasteiger partial charge in [-0.25, -0.2) is 0 Å². The van der Waals surface area contributed by atoms with Crippen LogP contribution in [0.5, 0.6) is 0 Å². The van der Waals surface area contributed by atoms with E-state index in [0.717, 1.165) is 24.6 Å². The van der Waals surface area contributed by atoms with Gasteiger partial charge in [-0.05, 0) is 32.6 Å². The number of halogens is 1. The van der Waals surface area contributed by atoms with Gasteiger partial charge in [0.2, 0.25) is 5.89 Å². The first-order chi connectivity index (χ1) is 9.17. The molecule has 0 aliphatic heterocycles. The number of hydrogen-bond donors (Lipinski definition) is 1. The van der Waals surface area contributed by atoms with Crippen molar-refractivity contribution in [3.05, 3.63) is 11.7 Å². The maximum absolute atomic E-state index is 6.41. The van der Waals surface area contributed by atoms with Crippen LogP contribution in [0, 0.1) is 0 Å². The largest absolute Gasteiger partial charge is 0.339 e. The van der Waals surface area contributed by atoms with E-state index < -0.39 is 0 Å². The lowest BCUT2D eigenvalue weighted by Crippen LogP contribution is -2.44. The van der Waals surface area contributed by atoms with Gasteiger partial charge >= 0.3 is 0 Å². The van der Waals surface area contributed by atoms with E-state index in [4.69, 9.17) is 15.2 Å². The number of nitrogens with two attached hydrogens (primary N) is 1. The first-order valence-electron chi connectivity index (χ1n) is 7.79. The zero-order valence-electron chi connectivity index (χ0n) is 12.3. The molecule has 2 saturated carbocycles. The highest BCUT2D eigenvalue weighted by atomic mass is 35.5. The van der Waals surface area contributed by atoms with Crippen LogP contribution < -0.4 is 5.73 Å². The Balaban J connectivity index is 0.00000147. The van der Waals surface area contributed by atoms with E-state index in [9.17, 15) is 0 Å². The lowest BCUT2D eigenvalue weighted by atomic mass is 9.74. The second-order valence-corrected chi connectivity index (χ2v) is 6.63. The second kappa shape index (κ2) is 6.44. The highest BCUT2D eigenvalue weighted by Crippen LogP contribution is 2.39. The van der Waals surface area contributed by atoms with Crippen molar-refractivity contribution >= 4 is 12.4 Å². The highest BCUT2D eigenvalue weighted by Gasteiger charge is 2.38. The Morgan fingerprint density at radius 2 is 1.80 bits per heavy atom. The van der Waals surface area contributed by atoms with Crippen LogP contribution in [0.1, 0.15) is 88.3 Å². The predicted octanol–water partition coefficient (Wildman–Crippen LogP) is 3.91. The van der Waals surface area contributed by atoms with E-state index >= 15 is 0 Å². The molecule has 0 aromatic carbocycles. The molecule has 3 rings (SSSR count). The van der Waals surface area contributed by atoms with Crippen LogP contribution in [0.15, 0.2) is 4.52 Å². The minimum absolute atomic E-state index is 0. The number of rotatable bonds is 2. The second-order valence-electron chi connectivity index (χ2n) is 6.63. The Morgan fingerprint density at radius 1 is 1.10 bits per heavy atom. The van der Waals surface area contributed by atoms with Crippen molar-refractivity contribution in [2.24, 2.45) is 5.73 Å². The van der Waals surface area contributed by atoms with Crippen LogP contribution in [-0.4, -0.2) is 15.7 Å². The highest BCUT2D eigenvalue weighted by molar-refractivity contribution is 5.85. The zero-order chi connectivity index (χ0) is 13.3. The molecule has 0 bridgehead atoms. The molecule has 2 aliphatic carbocycles. The Hall–Kier alpha value is -0.610. The summed E-state index contributed by atoms with van der Waals surface area (Å²) < 4.78 is 5.55. The first-order valence-corrected chi connectivity index (χ1v) is 7.79. The van der Waals surface area contributed by atoms with Crippen LogP contribution in [0.25, 0.3) is 0 Å². The molecule has 2 N–H and O–H groups in total. The van der Waals surface area contributed by atoms with Crippen LogP contribution in [0.3, 0.4) is 0 Å². The first kappa shape index (κ1) is 15.8. The predicted molar refractivity (Wildman–Crippen MR) is 81.2 cm³/mol. The molecule has 1 aromatic rings. The van der Waals surface area contributed by atoms with Crippen LogP contribution >= 0.6 is 12.4 Å². The lowest BCUT2D eigenvalue weighted by Gasteiger charge is -2.35. The summed E-state index contributed by atoms with van der Waals surface area (Å²) in [4.78, 5) is 4.70. The molecule has 2 fully saturated rings. The third-order valence-corrected chi connectivity index (χ3v) is 4.98. The average molecular weight is 300 g/mol. The molecule has 0 saturated heterocycles. The Kier molecular flexibility index (Phi) is 5.08. The minimum atomic E-state index is -0.186. The molecular weight excluding hydrogens is 274 g/mol. The molecule has 4 nitrogen and oxygen atoms in total. The van der Waals surface area contributed by atoms with Crippen molar-refractivity contribution in [2.45, 2.75) is 82.1 Å². The lowest BCUT2D eigenvalue weighted by molar-refractivity contribution is 0.222.